The van der Waals surface area contributed by atoms with Crippen molar-refractivity contribution in [3.63, 3.8) is 0 Å². The molecule has 0 radical (unpaired) electrons. The third-order valence-corrected chi connectivity index (χ3v) is 7.61. The van der Waals surface area contributed by atoms with Gasteiger partial charge in [0.15, 0.2) is 0 Å². The zero-order valence-electron chi connectivity index (χ0n) is 19.2. The van der Waals surface area contributed by atoms with Crippen molar-refractivity contribution in [1.82, 2.24) is 4.90 Å². The number of hydrogen-bond donors (Lipinski definition) is 3. The molecule has 0 aromatic heterocycles. The van der Waals surface area contributed by atoms with E-state index in [1.54, 1.807) is 36.4 Å². The first-order valence-electron chi connectivity index (χ1n) is 11.4. The Kier molecular flexibility index (Phi) is 4.39. The van der Waals surface area contributed by atoms with Gasteiger partial charge in [0.05, 0.1) is 0 Å². The summed E-state index contributed by atoms with van der Waals surface area (Å²) in [6, 6.07) is 21.2. The van der Waals surface area contributed by atoms with Gasteiger partial charge in [-0.1, -0.05) is 54.6 Å². The summed E-state index contributed by atoms with van der Waals surface area (Å²) in [5.74, 6) is 0.313. The Labute approximate surface area is 197 Å². The summed E-state index contributed by atoms with van der Waals surface area (Å²) in [5.41, 5.74) is -1.37. The van der Waals surface area contributed by atoms with E-state index in [4.69, 9.17) is 14.2 Å². The van der Waals surface area contributed by atoms with E-state index < -0.39 is 35.5 Å². The van der Waals surface area contributed by atoms with Crippen LogP contribution in [-0.4, -0.2) is 38.9 Å². The maximum atomic E-state index is 10.7. The van der Waals surface area contributed by atoms with E-state index in [0.29, 0.717) is 16.7 Å². The quantitative estimate of drug-likeness (QED) is 0.538. The molecule has 6 atom stereocenters. The number of hydrogen-bond acceptors (Lipinski definition) is 7. The lowest BCUT2D eigenvalue weighted by Gasteiger charge is -2.33. The number of rotatable bonds is 3. The van der Waals surface area contributed by atoms with E-state index in [1.807, 2.05) is 62.1 Å². The van der Waals surface area contributed by atoms with Gasteiger partial charge in [-0.05, 0) is 39.0 Å². The largest absolute Gasteiger partial charge is 0.508 e. The van der Waals surface area contributed by atoms with E-state index in [1.165, 1.54) is 0 Å². The second-order valence-electron chi connectivity index (χ2n) is 9.73. The first-order chi connectivity index (χ1) is 16.2. The van der Waals surface area contributed by atoms with Crippen molar-refractivity contribution in [3.05, 3.63) is 89.5 Å². The molecule has 0 unspecified atom stereocenters. The molecule has 3 fully saturated rings. The standard InChI is InChI=1S/C27H27NO6/c1-25(16-10-4-7-13-19(16)29)22-28-23(32-25)26(2,17-11-5-8-14-20(17)30)34-24(28)27(3,33-22)18-12-6-9-15-21(18)31/h4-15,22-24,29-31H,1-3H3/t22-,23-,24-,25-,26-,27-/m0/s1. The predicted octanol–water partition coefficient (Wildman–Crippen LogP) is 4.22. The first kappa shape index (κ1) is 21.4. The van der Waals surface area contributed by atoms with Gasteiger partial charge in [0.2, 0.25) is 0 Å². The van der Waals surface area contributed by atoms with Gasteiger partial charge in [-0.2, -0.15) is 0 Å². The fraction of sp³-hybridized carbons (Fsp3) is 0.333. The molecule has 0 bridgehead atoms. The molecule has 34 heavy (non-hydrogen) atoms. The van der Waals surface area contributed by atoms with E-state index in [2.05, 4.69) is 0 Å². The number of aromatic hydroxyl groups is 3. The molecule has 7 heteroatoms. The summed E-state index contributed by atoms with van der Waals surface area (Å²) in [4.78, 5) is 2.02. The maximum absolute atomic E-state index is 10.7. The Balaban J connectivity index is 1.56. The van der Waals surface area contributed by atoms with Crippen molar-refractivity contribution < 1.29 is 29.5 Å². The van der Waals surface area contributed by atoms with Gasteiger partial charge >= 0.3 is 0 Å². The average Bonchev–Trinajstić information content (AvgIpc) is 3.39. The maximum Gasteiger partial charge on any atom is 0.149 e. The van der Waals surface area contributed by atoms with E-state index >= 15 is 0 Å². The second-order valence-corrected chi connectivity index (χ2v) is 9.73. The lowest BCUT2D eigenvalue weighted by molar-refractivity contribution is -0.139. The summed E-state index contributed by atoms with van der Waals surface area (Å²) in [6.45, 7) is 5.68. The SMILES string of the molecule is C[C@@]1(c2ccccc2O)O[C@@H]2N3[C@H]1O[C@@](C)(c1ccccc1O)[C@@H]3O[C@@]2(C)c1ccccc1O. The molecular weight excluding hydrogens is 434 g/mol. The molecule has 7 nitrogen and oxygen atoms in total. The van der Waals surface area contributed by atoms with Crippen LogP contribution in [0.1, 0.15) is 37.5 Å². The highest BCUT2D eigenvalue weighted by atomic mass is 16.7. The highest BCUT2D eigenvalue weighted by molar-refractivity contribution is 5.44. The number of para-hydroxylation sites is 3. The normalized spacial score (nSPS) is 36.6. The molecule has 6 rings (SSSR count). The second kappa shape index (κ2) is 6.96. The Morgan fingerprint density at radius 2 is 0.794 bits per heavy atom. The van der Waals surface area contributed by atoms with Gasteiger partial charge in [-0.15, -0.1) is 0 Å². The molecule has 176 valence electrons. The monoisotopic (exact) mass is 461 g/mol. The third kappa shape index (κ3) is 2.61. The van der Waals surface area contributed by atoms with Gasteiger partial charge in [0.1, 0.15) is 52.7 Å². The molecule has 3 aromatic carbocycles. The van der Waals surface area contributed by atoms with Crippen molar-refractivity contribution in [2.24, 2.45) is 0 Å². The number of ether oxygens (including phenoxy) is 3. The van der Waals surface area contributed by atoms with Gasteiger partial charge in [0.25, 0.3) is 0 Å². The van der Waals surface area contributed by atoms with Crippen LogP contribution < -0.4 is 0 Å². The van der Waals surface area contributed by atoms with Crippen LogP contribution in [0, 0.1) is 0 Å². The Hall–Kier alpha value is -3.10. The molecular formula is C27H27NO6. The molecule has 3 aliphatic heterocycles. The smallest absolute Gasteiger partial charge is 0.149 e. The third-order valence-electron chi connectivity index (χ3n) is 7.61. The summed E-state index contributed by atoms with van der Waals surface area (Å²) in [5, 5.41) is 32.2. The number of benzene rings is 3. The van der Waals surface area contributed by atoms with Crippen LogP contribution in [-0.2, 0) is 31.0 Å². The zero-order chi connectivity index (χ0) is 23.9. The molecule has 3 heterocycles. The number of phenols is 3. The minimum atomic E-state index is -1.05. The Morgan fingerprint density at radius 1 is 0.529 bits per heavy atom. The topological polar surface area (TPSA) is 91.6 Å². The van der Waals surface area contributed by atoms with Gasteiger partial charge in [-0.25, -0.2) is 4.90 Å². The van der Waals surface area contributed by atoms with Crippen LogP contribution in [0.3, 0.4) is 0 Å². The van der Waals surface area contributed by atoms with Crippen LogP contribution in [0.4, 0.5) is 0 Å². The van der Waals surface area contributed by atoms with E-state index in [0.717, 1.165) is 0 Å². The molecule has 0 aliphatic carbocycles. The highest BCUT2D eigenvalue weighted by Crippen LogP contribution is 2.63. The van der Waals surface area contributed by atoms with Crippen LogP contribution in [0.5, 0.6) is 17.2 Å². The van der Waals surface area contributed by atoms with Crippen molar-refractivity contribution >= 4 is 0 Å². The fourth-order valence-corrected chi connectivity index (χ4v) is 5.88. The molecule has 0 saturated carbocycles. The Morgan fingerprint density at radius 3 is 1.06 bits per heavy atom. The van der Waals surface area contributed by atoms with Crippen molar-refractivity contribution in [2.45, 2.75) is 56.3 Å². The summed E-state index contributed by atoms with van der Waals surface area (Å²) < 4.78 is 20.1. The minimum Gasteiger partial charge on any atom is -0.508 e. The van der Waals surface area contributed by atoms with Crippen LogP contribution >= 0.6 is 0 Å². The van der Waals surface area contributed by atoms with Crippen LogP contribution in [0.2, 0.25) is 0 Å². The molecule has 0 amide bonds. The predicted molar refractivity (Wildman–Crippen MR) is 123 cm³/mol. The van der Waals surface area contributed by atoms with Crippen molar-refractivity contribution in [3.8, 4) is 17.2 Å². The van der Waals surface area contributed by atoms with Gasteiger partial charge < -0.3 is 29.5 Å². The first-order valence-corrected chi connectivity index (χ1v) is 11.4. The molecule has 3 aliphatic rings. The van der Waals surface area contributed by atoms with Gasteiger partial charge in [0, 0.05) is 16.7 Å². The number of phenolic OH excluding ortho intramolecular Hbond substituents is 3. The van der Waals surface area contributed by atoms with E-state index in [-0.39, 0.29) is 17.2 Å². The van der Waals surface area contributed by atoms with Gasteiger partial charge in [-0.3, -0.25) is 0 Å². The van der Waals surface area contributed by atoms with E-state index in [9.17, 15) is 15.3 Å². The Bertz CT molecular complexity index is 1130. The fourth-order valence-electron chi connectivity index (χ4n) is 5.88. The summed E-state index contributed by atoms with van der Waals surface area (Å²) in [6.07, 6.45) is -1.89. The molecule has 0 spiro atoms. The lowest BCUT2D eigenvalue weighted by Crippen LogP contribution is -2.41. The van der Waals surface area contributed by atoms with Crippen LogP contribution in [0.15, 0.2) is 72.8 Å². The average molecular weight is 462 g/mol. The van der Waals surface area contributed by atoms with Crippen molar-refractivity contribution in [2.75, 3.05) is 0 Å². The highest BCUT2D eigenvalue weighted by Gasteiger charge is 2.74. The zero-order valence-corrected chi connectivity index (χ0v) is 19.2. The number of nitrogens with zero attached hydrogens (tertiary/aromatic N) is 1. The molecule has 3 saturated heterocycles. The lowest BCUT2D eigenvalue weighted by atomic mass is 9.93. The molecule has 3 N–H and O–H groups in total. The van der Waals surface area contributed by atoms with Crippen molar-refractivity contribution in [1.29, 1.82) is 0 Å². The summed E-state index contributed by atoms with van der Waals surface area (Å²) >= 11 is 0. The molecule has 3 aromatic rings. The summed E-state index contributed by atoms with van der Waals surface area (Å²) in [7, 11) is 0. The minimum absolute atomic E-state index is 0.104. The van der Waals surface area contributed by atoms with Crippen LogP contribution in [0.25, 0.3) is 0 Å².